The molecule has 16 heavy (non-hydrogen) atoms. The minimum Gasteiger partial charge on any atom is -0.618 e. The van der Waals surface area contributed by atoms with Gasteiger partial charge >= 0.3 is 6.09 Å². The van der Waals surface area contributed by atoms with Crippen molar-refractivity contribution in [3.8, 4) is 0 Å². The van der Waals surface area contributed by atoms with Gasteiger partial charge in [0.1, 0.15) is 6.61 Å². The Kier molecular flexibility index (Phi) is 3.51. The molecule has 6 heteroatoms. The SMILES string of the molecule is O=C1OCCN1CCSc1cccc[n+]1[O-]. The first-order valence-electron chi connectivity index (χ1n) is 5.00. The molecule has 0 aliphatic carbocycles. The molecule has 2 rings (SSSR count). The van der Waals surface area contributed by atoms with E-state index in [1.807, 2.05) is 6.07 Å². The maximum Gasteiger partial charge on any atom is 0.409 e. The summed E-state index contributed by atoms with van der Waals surface area (Å²) >= 11 is 1.44. The number of hydrogen-bond acceptors (Lipinski definition) is 4. The Labute approximate surface area is 97.6 Å². The topological polar surface area (TPSA) is 56.5 Å². The summed E-state index contributed by atoms with van der Waals surface area (Å²) in [5.74, 6) is 0.696. The van der Waals surface area contributed by atoms with E-state index >= 15 is 0 Å². The minimum absolute atomic E-state index is 0.260. The molecule has 0 bridgehead atoms. The van der Waals surface area contributed by atoms with E-state index in [1.165, 1.54) is 18.0 Å². The number of carbonyl (C=O) groups is 1. The average molecular weight is 240 g/mol. The standard InChI is InChI=1S/C10H12N2O3S/c13-10-11(5-7-15-10)6-8-16-9-3-1-2-4-12(9)14/h1-4H,5-8H2. The maximum absolute atomic E-state index is 11.3. The molecule has 1 aliphatic heterocycles. The summed E-state index contributed by atoms with van der Waals surface area (Å²) in [6, 6.07) is 5.27. The van der Waals surface area contributed by atoms with Gasteiger partial charge in [0.2, 0.25) is 0 Å². The summed E-state index contributed by atoms with van der Waals surface area (Å²) in [5, 5.41) is 11.9. The van der Waals surface area contributed by atoms with Gasteiger partial charge in [0.15, 0.2) is 6.20 Å². The van der Waals surface area contributed by atoms with Crippen LogP contribution in [0.2, 0.25) is 0 Å². The summed E-state index contributed by atoms with van der Waals surface area (Å²) in [6.45, 7) is 1.72. The summed E-state index contributed by atoms with van der Waals surface area (Å²) in [5.41, 5.74) is 0. The molecule has 1 saturated heterocycles. The van der Waals surface area contributed by atoms with Gasteiger partial charge in [-0.05, 0) is 6.07 Å². The molecule has 0 aromatic carbocycles. The van der Waals surface area contributed by atoms with Gasteiger partial charge < -0.3 is 14.8 Å². The molecule has 1 aromatic heterocycles. The lowest BCUT2D eigenvalue weighted by atomic mass is 10.5. The van der Waals surface area contributed by atoms with Crippen LogP contribution < -0.4 is 4.73 Å². The highest BCUT2D eigenvalue weighted by Crippen LogP contribution is 2.13. The molecular formula is C10H12N2O3S. The first-order valence-corrected chi connectivity index (χ1v) is 5.98. The first-order chi connectivity index (χ1) is 7.77. The summed E-state index contributed by atoms with van der Waals surface area (Å²) in [4.78, 5) is 12.8. The van der Waals surface area contributed by atoms with Gasteiger partial charge in [-0.3, -0.25) is 0 Å². The van der Waals surface area contributed by atoms with Crippen molar-refractivity contribution in [3.05, 3.63) is 29.6 Å². The van der Waals surface area contributed by atoms with Crippen LogP contribution in [-0.2, 0) is 4.74 Å². The van der Waals surface area contributed by atoms with E-state index in [4.69, 9.17) is 4.74 Å². The lowest BCUT2D eigenvalue weighted by molar-refractivity contribution is -0.645. The van der Waals surface area contributed by atoms with Crippen molar-refractivity contribution in [1.82, 2.24) is 4.90 Å². The van der Waals surface area contributed by atoms with Crippen molar-refractivity contribution in [2.75, 3.05) is 25.4 Å². The first kappa shape index (κ1) is 11.1. The number of pyridine rings is 1. The molecule has 1 aromatic rings. The second-order valence-corrected chi connectivity index (χ2v) is 4.43. The minimum atomic E-state index is -0.260. The Morgan fingerprint density at radius 3 is 3.12 bits per heavy atom. The molecule has 0 radical (unpaired) electrons. The number of cyclic esters (lactones) is 1. The highest BCUT2D eigenvalue weighted by molar-refractivity contribution is 7.99. The van der Waals surface area contributed by atoms with Gasteiger partial charge in [-0.2, -0.15) is 4.73 Å². The van der Waals surface area contributed by atoms with E-state index in [-0.39, 0.29) is 6.09 Å². The number of carbonyl (C=O) groups excluding carboxylic acids is 1. The molecule has 1 amide bonds. The highest BCUT2D eigenvalue weighted by atomic mass is 32.2. The normalized spacial score (nSPS) is 15.2. The Balaban J connectivity index is 1.80. The summed E-state index contributed by atoms with van der Waals surface area (Å²) < 4.78 is 5.63. The van der Waals surface area contributed by atoms with Crippen LogP contribution in [0.4, 0.5) is 4.79 Å². The van der Waals surface area contributed by atoms with Crippen LogP contribution in [0, 0.1) is 5.21 Å². The van der Waals surface area contributed by atoms with Gasteiger partial charge in [0, 0.05) is 24.4 Å². The monoisotopic (exact) mass is 240 g/mol. The van der Waals surface area contributed by atoms with Crippen molar-refractivity contribution < 1.29 is 14.3 Å². The molecule has 2 heterocycles. The van der Waals surface area contributed by atoms with Crippen LogP contribution in [-0.4, -0.2) is 36.4 Å². The van der Waals surface area contributed by atoms with Crippen LogP contribution in [0.5, 0.6) is 0 Å². The zero-order valence-electron chi connectivity index (χ0n) is 8.67. The molecule has 86 valence electrons. The fraction of sp³-hybridized carbons (Fsp3) is 0.400. The van der Waals surface area contributed by atoms with Gasteiger partial charge in [-0.25, -0.2) is 4.79 Å². The quantitative estimate of drug-likeness (QED) is 0.445. The fourth-order valence-electron chi connectivity index (χ4n) is 1.41. The Hall–Kier alpha value is -1.43. The van der Waals surface area contributed by atoms with E-state index in [1.54, 1.807) is 17.0 Å². The van der Waals surface area contributed by atoms with Crippen molar-refractivity contribution >= 4 is 17.9 Å². The zero-order chi connectivity index (χ0) is 11.4. The lowest BCUT2D eigenvalue weighted by Gasteiger charge is -2.11. The van der Waals surface area contributed by atoms with E-state index in [9.17, 15) is 10.0 Å². The molecule has 0 atom stereocenters. The van der Waals surface area contributed by atoms with Gasteiger partial charge in [-0.15, -0.1) is 0 Å². The summed E-state index contributed by atoms with van der Waals surface area (Å²) in [7, 11) is 0. The second-order valence-electron chi connectivity index (χ2n) is 3.31. The molecule has 1 aliphatic rings. The smallest absolute Gasteiger partial charge is 0.409 e. The number of ether oxygens (including phenoxy) is 1. The average Bonchev–Trinajstić information content (AvgIpc) is 2.67. The van der Waals surface area contributed by atoms with Crippen LogP contribution in [0.15, 0.2) is 29.4 Å². The summed E-state index contributed by atoms with van der Waals surface area (Å²) in [6.07, 6.45) is 1.20. The van der Waals surface area contributed by atoms with Crippen molar-refractivity contribution in [2.24, 2.45) is 0 Å². The Bertz CT molecular complexity index is 386. The number of amides is 1. The second kappa shape index (κ2) is 5.07. The van der Waals surface area contributed by atoms with Crippen LogP contribution in [0.3, 0.4) is 0 Å². The number of thioether (sulfide) groups is 1. The fourth-order valence-corrected chi connectivity index (χ4v) is 2.30. The zero-order valence-corrected chi connectivity index (χ0v) is 9.48. The van der Waals surface area contributed by atoms with Gasteiger partial charge in [0.05, 0.1) is 6.54 Å². The molecule has 1 fully saturated rings. The third-order valence-electron chi connectivity index (χ3n) is 2.24. The molecular weight excluding hydrogens is 228 g/mol. The Morgan fingerprint density at radius 2 is 2.44 bits per heavy atom. The van der Waals surface area contributed by atoms with E-state index < -0.39 is 0 Å². The van der Waals surface area contributed by atoms with Crippen LogP contribution in [0.1, 0.15) is 0 Å². The molecule has 0 saturated carbocycles. The largest absolute Gasteiger partial charge is 0.618 e. The number of aromatic nitrogens is 1. The van der Waals surface area contributed by atoms with Crippen molar-refractivity contribution in [2.45, 2.75) is 5.03 Å². The number of nitrogens with zero attached hydrogens (tertiary/aromatic N) is 2. The van der Waals surface area contributed by atoms with E-state index in [0.29, 0.717) is 30.5 Å². The highest BCUT2D eigenvalue weighted by Gasteiger charge is 2.21. The Morgan fingerprint density at radius 1 is 1.56 bits per heavy atom. The third-order valence-corrected chi connectivity index (χ3v) is 3.24. The number of hydrogen-bond donors (Lipinski definition) is 0. The maximum atomic E-state index is 11.3. The number of rotatable bonds is 4. The molecule has 5 nitrogen and oxygen atoms in total. The predicted molar refractivity (Wildman–Crippen MR) is 59.0 cm³/mol. The van der Waals surface area contributed by atoms with Crippen LogP contribution >= 0.6 is 11.8 Å². The third kappa shape index (κ3) is 2.57. The van der Waals surface area contributed by atoms with Gasteiger partial charge in [0.25, 0.3) is 5.03 Å². The molecule has 0 unspecified atom stereocenters. The molecule has 0 N–H and O–H groups in total. The lowest BCUT2D eigenvalue weighted by Crippen LogP contribution is -2.30. The van der Waals surface area contributed by atoms with Crippen LogP contribution in [0.25, 0.3) is 0 Å². The van der Waals surface area contributed by atoms with Crippen molar-refractivity contribution in [1.29, 1.82) is 0 Å². The molecule has 0 spiro atoms. The predicted octanol–water partition coefficient (Wildman–Crippen LogP) is 0.864. The van der Waals surface area contributed by atoms with E-state index in [2.05, 4.69) is 0 Å². The van der Waals surface area contributed by atoms with E-state index in [0.717, 1.165) is 4.73 Å². The van der Waals surface area contributed by atoms with Crippen molar-refractivity contribution in [3.63, 3.8) is 0 Å². The van der Waals surface area contributed by atoms with Gasteiger partial charge in [-0.1, -0.05) is 11.8 Å².